The zero-order valence-electron chi connectivity index (χ0n) is 17.9. The van der Waals surface area contributed by atoms with E-state index in [1.165, 1.54) is 0 Å². The van der Waals surface area contributed by atoms with Crippen molar-refractivity contribution >= 4 is 22.6 Å². The number of hydrogen-bond donors (Lipinski definition) is 2. The van der Waals surface area contributed by atoms with Crippen molar-refractivity contribution in [3.63, 3.8) is 0 Å². The van der Waals surface area contributed by atoms with E-state index in [1.807, 2.05) is 92.7 Å². The number of hydrogen-bond acceptors (Lipinski definition) is 4. The summed E-state index contributed by atoms with van der Waals surface area (Å²) in [6.45, 7) is 3.97. The maximum absolute atomic E-state index is 13.4. The van der Waals surface area contributed by atoms with Crippen LogP contribution in [0.4, 0.5) is 5.69 Å². The monoisotopic (exact) mass is 414 g/mol. The molecule has 0 spiro atoms. The summed E-state index contributed by atoms with van der Waals surface area (Å²) in [5.41, 5.74) is 3.38. The summed E-state index contributed by atoms with van der Waals surface area (Å²) in [4.78, 5) is 13.4. The molecule has 1 heterocycles. The SMILES string of the molecule is COc1ccc(C)cc1NC(=O)C(NC(C)c1cc2ccccc2o1)c1ccccc1. The molecule has 4 rings (SSSR count). The average molecular weight is 415 g/mol. The van der Waals surface area contributed by atoms with Crippen molar-refractivity contribution in [3.8, 4) is 5.75 Å². The van der Waals surface area contributed by atoms with Gasteiger partial charge in [0, 0.05) is 5.39 Å². The number of benzene rings is 3. The standard InChI is InChI=1S/C26H26N2O3/c1-17-13-14-23(30-3)21(15-17)28-26(29)25(19-9-5-4-6-10-19)27-18(2)24-16-20-11-7-8-12-22(20)31-24/h4-16,18,25,27H,1-3H3,(H,28,29). The van der Waals surface area contributed by atoms with Crippen LogP contribution in [0.5, 0.6) is 5.75 Å². The molecule has 1 aromatic heterocycles. The smallest absolute Gasteiger partial charge is 0.246 e. The molecule has 31 heavy (non-hydrogen) atoms. The van der Waals surface area contributed by atoms with Gasteiger partial charge in [-0.2, -0.15) is 0 Å². The van der Waals surface area contributed by atoms with Crippen molar-refractivity contribution in [3.05, 3.63) is 95.7 Å². The highest BCUT2D eigenvalue weighted by Gasteiger charge is 2.25. The molecule has 4 aromatic rings. The Morgan fingerprint density at radius 3 is 2.45 bits per heavy atom. The lowest BCUT2D eigenvalue weighted by molar-refractivity contribution is -0.118. The molecule has 1 amide bonds. The number of amides is 1. The normalized spacial score (nSPS) is 13.0. The molecular formula is C26H26N2O3. The predicted molar refractivity (Wildman–Crippen MR) is 123 cm³/mol. The second-order valence-corrected chi connectivity index (χ2v) is 7.61. The number of methoxy groups -OCH3 is 1. The molecule has 5 heteroatoms. The summed E-state index contributed by atoms with van der Waals surface area (Å²) in [6.07, 6.45) is 0. The van der Waals surface area contributed by atoms with Crippen molar-refractivity contribution in [2.75, 3.05) is 12.4 Å². The van der Waals surface area contributed by atoms with Crippen LogP contribution in [0.2, 0.25) is 0 Å². The van der Waals surface area contributed by atoms with E-state index in [-0.39, 0.29) is 11.9 Å². The van der Waals surface area contributed by atoms with Crippen LogP contribution in [0.3, 0.4) is 0 Å². The van der Waals surface area contributed by atoms with E-state index < -0.39 is 6.04 Å². The molecule has 2 unspecified atom stereocenters. The van der Waals surface area contributed by atoms with Gasteiger partial charge in [-0.1, -0.05) is 54.6 Å². The average Bonchev–Trinajstić information content (AvgIpc) is 3.22. The Morgan fingerprint density at radius 1 is 0.968 bits per heavy atom. The van der Waals surface area contributed by atoms with Crippen molar-refractivity contribution in [1.29, 1.82) is 0 Å². The van der Waals surface area contributed by atoms with Gasteiger partial charge in [0.15, 0.2) is 0 Å². The molecule has 0 aliphatic rings. The second kappa shape index (κ2) is 9.06. The van der Waals surface area contributed by atoms with Crippen LogP contribution in [0.15, 0.2) is 83.3 Å². The van der Waals surface area contributed by atoms with Crippen molar-refractivity contribution in [1.82, 2.24) is 5.32 Å². The number of para-hydroxylation sites is 1. The highest BCUT2D eigenvalue weighted by atomic mass is 16.5. The molecule has 158 valence electrons. The van der Waals surface area contributed by atoms with Gasteiger partial charge in [0.2, 0.25) is 5.91 Å². The summed E-state index contributed by atoms with van der Waals surface area (Å²) < 4.78 is 11.4. The van der Waals surface area contributed by atoms with Crippen molar-refractivity contribution in [2.24, 2.45) is 0 Å². The Morgan fingerprint density at radius 2 is 1.71 bits per heavy atom. The summed E-state index contributed by atoms with van der Waals surface area (Å²) >= 11 is 0. The Bertz CT molecular complexity index is 1150. The highest BCUT2D eigenvalue weighted by molar-refractivity contribution is 5.97. The predicted octanol–water partition coefficient (Wildman–Crippen LogP) is 5.78. The first-order valence-electron chi connectivity index (χ1n) is 10.3. The van der Waals surface area contributed by atoms with Gasteiger partial charge in [-0.05, 0) is 49.2 Å². The molecule has 0 bridgehead atoms. The number of ether oxygens (including phenoxy) is 1. The van der Waals surface area contributed by atoms with E-state index in [0.717, 1.165) is 27.9 Å². The van der Waals surface area contributed by atoms with Crippen molar-refractivity contribution in [2.45, 2.75) is 25.9 Å². The van der Waals surface area contributed by atoms with Crippen molar-refractivity contribution < 1.29 is 13.9 Å². The maximum atomic E-state index is 13.4. The van der Waals surface area contributed by atoms with Crippen LogP contribution < -0.4 is 15.4 Å². The second-order valence-electron chi connectivity index (χ2n) is 7.61. The first-order valence-corrected chi connectivity index (χ1v) is 10.3. The third-order valence-electron chi connectivity index (χ3n) is 5.30. The number of carbonyl (C=O) groups excluding carboxylic acids is 1. The third-order valence-corrected chi connectivity index (χ3v) is 5.30. The third kappa shape index (κ3) is 4.62. The summed E-state index contributed by atoms with van der Waals surface area (Å²) in [7, 11) is 1.59. The maximum Gasteiger partial charge on any atom is 0.246 e. The minimum absolute atomic E-state index is 0.168. The summed E-state index contributed by atoms with van der Waals surface area (Å²) in [5.74, 6) is 1.23. The van der Waals surface area contributed by atoms with Crippen LogP contribution >= 0.6 is 0 Å². The minimum Gasteiger partial charge on any atom is -0.495 e. The van der Waals surface area contributed by atoms with Crippen LogP contribution in [0, 0.1) is 6.92 Å². The lowest BCUT2D eigenvalue weighted by Gasteiger charge is -2.23. The van der Waals surface area contributed by atoms with Crippen LogP contribution in [-0.2, 0) is 4.79 Å². The number of carbonyl (C=O) groups is 1. The van der Waals surface area contributed by atoms with Crippen LogP contribution in [-0.4, -0.2) is 13.0 Å². The largest absolute Gasteiger partial charge is 0.495 e. The van der Waals surface area contributed by atoms with Gasteiger partial charge in [0.25, 0.3) is 0 Å². The molecule has 0 aliphatic heterocycles. The topological polar surface area (TPSA) is 63.5 Å². The van der Waals surface area contributed by atoms with E-state index in [1.54, 1.807) is 7.11 Å². The number of aryl methyl sites for hydroxylation is 1. The summed E-state index contributed by atoms with van der Waals surface area (Å²) in [6, 6.07) is 24.5. The van der Waals surface area contributed by atoms with Gasteiger partial charge in [-0.3, -0.25) is 10.1 Å². The van der Waals surface area contributed by atoms with E-state index in [4.69, 9.17) is 9.15 Å². The molecule has 0 aliphatic carbocycles. The van der Waals surface area contributed by atoms with E-state index in [0.29, 0.717) is 11.4 Å². The van der Waals surface area contributed by atoms with Gasteiger partial charge in [0.05, 0.1) is 18.8 Å². The first kappa shape index (κ1) is 20.7. The lowest BCUT2D eigenvalue weighted by atomic mass is 10.0. The van der Waals surface area contributed by atoms with Gasteiger partial charge in [0.1, 0.15) is 23.1 Å². The Balaban J connectivity index is 1.61. The number of anilines is 1. The molecule has 0 fully saturated rings. The zero-order chi connectivity index (χ0) is 21.8. The fraction of sp³-hybridized carbons (Fsp3) is 0.192. The number of rotatable bonds is 7. The Kier molecular flexibility index (Phi) is 6.05. The van der Waals surface area contributed by atoms with E-state index >= 15 is 0 Å². The fourth-order valence-electron chi connectivity index (χ4n) is 3.64. The molecule has 0 radical (unpaired) electrons. The molecule has 0 saturated carbocycles. The van der Waals surface area contributed by atoms with Gasteiger partial charge in [-0.15, -0.1) is 0 Å². The first-order chi connectivity index (χ1) is 15.0. The van der Waals surface area contributed by atoms with E-state index in [9.17, 15) is 4.79 Å². The molecule has 3 aromatic carbocycles. The molecule has 2 atom stereocenters. The Hall–Kier alpha value is -3.57. The van der Waals surface area contributed by atoms with E-state index in [2.05, 4.69) is 10.6 Å². The number of nitrogens with one attached hydrogen (secondary N) is 2. The number of fused-ring (bicyclic) bond motifs is 1. The molecule has 5 nitrogen and oxygen atoms in total. The molecule has 0 saturated heterocycles. The zero-order valence-corrected chi connectivity index (χ0v) is 17.9. The number of furan rings is 1. The van der Waals surface area contributed by atoms with Gasteiger partial charge in [-0.25, -0.2) is 0 Å². The fourth-order valence-corrected chi connectivity index (χ4v) is 3.64. The van der Waals surface area contributed by atoms with Crippen LogP contribution in [0.25, 0.3) is 11.0 Å². The molecular weight excluding hydrogens is 388 g/mol. The Labute approximate surface area is 182 Å². The summed E-state index contributed by atoms with van der Waals surface area (Å²) in [5, 5.41) is 7.50. The van der Waals surface area contributed by atoms with Gasteiger partial charge >= 0.3 is 0 Å². The van der Waals surface area contributed by atoms with Crippen LogP contribution in [0.1, 0.15) is 35.9 Å². The highest BCUT2D eigenvalue weighted by Crippen LogP contribution is 2.29. The van der Waals surface area contributed by atoms with Gasteiger partial charge < -0.3 is 14.5 Å². The minimum atomic E-state index is -0.574. The molecule has 2 N–H and O–H groups in total. The quantitative estimate of drug-likeness (QED) is 0.402. The lowest BCUT2D eigenvalue weighted by Crippen LogP contribution is -2.34.